The van der Waals surface area contributed by atoms with Crippen molar-refractivity contribution in [1.29, 1.82) is 0 Å². The van der Waals surface area contributed by atoms with Crippen LogP contribution in [0.15, 0.2) is 96.6 Å². The van der Waals surface area contributed by atoms with E-state index in [0.29, 0.717) is 6.54 Å². The van der Waals surface area contributed by atoms with Crippen molar-refractivity contribution in [3.8, 4) is 0 Å². The molecule has 0 fully saturated rings. The molecule has 0 saturated carbocycles. The van der Waals surface area contributed by atoms with Crippen LogP contribution in [0.2, 0.25) is 0 Å². The lowest BCUT2D eigenvalue weighted by atomic mass is 9.92. The molecule has 0 spiro atoms. The topological polar surface area (TPSA) is 29.3 Å². The monoisotopic (exact) mass is 418 g/mol. The molecule has 2 N–H and O–H groups in total. The van der Waals surface area contributed by atoms with Crippen LogP contribution >= 0.6 is 0 Å². The van der Waals surface area contributed by atoms with Crippen LogP contribution < -0.4 is 5.73 Å². The minimum absolute atomic E-state index is 0.234. The highest BCUT2D eigenvalue weighted by atomic mass is 19.1. The highest BCUT2D eigenvalue weighted by molar-refractivity contribution is 5.78. The molecular weight excluding hydrogens is 383 g/mol. The summed E-state index contributed by atoms with van der Waals surface area (Å²) in [5.74, 6) is -0.234. The molecule has 1 aromatic carbocycles. The van der Waals surface area contributed by atoms with E-state index in [-0.39, 0.29) is 5.82 Å². The number of nitrogens with zero attached hydrogens (tertiary/aromatic N) is 1. The van der Waals surface area contributed by atoms with E-state index >= 15 is 0 Å². The Hall–Kier alpha value is -2.91. The van der Waals surface area contributed by atoms with E-state index in [9.17, 15) is 4.39 Å². The van der Waals surface area contributed by atoms with E-state index in [4.69, 9.17) is 5.73 Å². The molecule has 2 nitrogen and oxygen atoms in total. The van der Waals surface area contributed by atoms with Crippen LogP contribution in [-0.4, -0.2) is 11.4 Å². The third kappa shape index (κ3) is 6.28. The van der Waals surface area contributed by atoms with Gasteiger partial charge in [0.05, 0.1) is 0 Å². The van der Waals surface area contributed by atoms with E-state index in [2.05, 4.69) is 33.6 Å². The fraction of sp³-hybridized carbons (Fsp3) is 0.286. The summed E-state index contributed by atoms with van der Waals surface area (Å²) in [7, 11) is 0. The Bertz CT molecular complexity index is 969. The van der Waals surface area contributed by atoms with Crippen LogP contribution in [0, 0.1) is 5.82 Å². The van der Waals surface area contributed by atoms with Gasteiger partial charge in [0.25, 0.3) is 0 Å². The second-order valence-corrected chi connectivity index (χ2v) is 7.96. The molecule has 0 saturated heterocycles. The van der Waals surface area contributed by atoms with E-state index in [1.165, 1.54) is 11.1 Å². The summed E-state index contributed by atoms with van der Waals surface area (Å²) >= 11 is 0. The van der Waals surface area contributed by atoms with Crippen molar-refractivity contribution in [2.45, 2.75) is 46.5 Å². The van der Waals surface area contributed by atoms with Gasteiger partial charge in [0, 0.05) is 17.6 Å². The van der Waals surface area contributed by atoms with Gasteiger partial charge >= 0.3 is 0 Å². The molecule has 0 atom stereocenters. The van der Waals surface area contributed by atoms with Gasteiger partial charge in [-0.05, 0) is 99.1 Å². The summed E-state index contributed by atoms with van der Waals surface area (Å²) in [5, 5.41) is 0. The van der Waals surface area contributed by atoms with Crippen molar-refractivity contribution >= 4 is 5.57 Å². The zero-order valence-electron chi connectivity index (χ0n) is 19.2. The van der Waals surface area contributed by atoms with Gasteiger partial charge in [-0.15, -0.1) is 0 Å². The lowest BCUT2D eigenvalue weighted by Gasteiger charge is -2.28. The molecule has 1 aromatic rings. The Morgan fingerprint density at radius 1 is 1.19 bits per heavy atom. The van der Waals surface area contributed by atoms with Crippen molar-refractivity contribution in [3.63, 3.8) is 0 Å². The number of benzene rings is 1. The number of hydrogen-bond donors (Lipinski definition) is 1. The van der Waals surface area contributed by atoms with Crippen molar-refractivity contribution in [1.82, 2.24) is 4.90 Å². The lowest BCUT2D eigenvalue weighted by molar-refractivity contribution is 0.560. The van der Waals surface area contributed by atoms with Crippen molar-refractivity contribution in [3.05, 3.63) is 113 Å². The maximum Gasteiger partial charge on any atom is 0.123 e. The third-order valence-corrected chi connectivity index (χ3v) is 5.57. The van der Waals surface area contributed by atoms with E-state index in [0.717, 1.165) is 59.4 Å². The number of hydrogen-bond acceptors (Lipinski definition) is 2. The maximum absolute atomic E-state index is 14.2. The van der Waals surface area contributed by atoms with Gasteiger partial charge in [-0.25, -0.2) is 4.39 Å². The first kappa shape index (κ1) is 24.4. The molecule has 0 radical (unpaired) electrons. The molecule has 0 unspecified atom stereocenters. The predicted octanol–water partition coefficient (Wildman–Crippen LogP) is 7.21. The molecule has 3 heteroatoms. The van der Waals surface area contributed by atoms with Crippen LogP contribution in [0.5, 0.6) is 0 Å². The second-order valence-electron chi connectivity index (χ2n) is 7.96. The first-order valence-corrected chi connectivity index (χ1v) is 10.8. The zero-order chi connectivity index (χ0) is 23.0. The summed E-state index contributed by atoms with van der Waals surface area (Å²) in [6.07, 6.45) is 13.3. The second kappa shape index (κ2) is 11.5. The average molecular weight is 419 g/mol. The van der Waals surface area contributed by atoms with Gasteiger partial charge in [-0.2, -0.15) is 0 Å². The summed E-state index contributed by atoms with van der Waals surface area (Å²) in [4.78, 5) is 2.05. The predicted molar refractivity (Wildman–Crippen MR) is 133 cm³/mol. The lowest BCUT2D eigenvalue weighted by Crippen LogP contribution is -2.19. The standard InChI is InChI=1S/C28H35FN2/c1-7-21(5)27(20(3)4)11-9-10-23-14-15-25(29)18-28(23)24-13-12-22(6)31(19-24)26(8-2)16-17-30/h7-8,12-15,18-19H,1,5-6,9-11,16-17,30H2,2-4H3/b26-8-. The van der Waals surface area contributed by atoms with Gasteiger partial charge in [0.2, 0.25) is 0 Å². The molecule has 2 rings (SSSR count). The Labute approximate surface area is 187 Å². The molecule has 164 valence electrons. The largest absolute Gasteiger partial charge is 0.330 e. The highest BCUT2D eigenvalue weighted by Gasteiger charge is 2.16. The molecule has 31 heavy (non-hydrogen) atoms. The first-order chi connectivity index (χ1) is 14.8. The fourth-order valence-electron chi connectivity index (χ4n) is 3.86. The minimum atomic E-state index is -0.234. The molecule has 1 aliphatic rings. The first-order valence-electron chi connectivity index (χ1n) is 10.8. The van der Waals surface area contributed by atoms with E-state index < -0.39 is 0 Å². The van der Waals surface area contributed by atoms with Crippen molar-refractivity contribution in [2.75, 3.05) is 6.54 Å². The van der Waals surface area contributed by atoms with Crippen LogP contribution in [0.25, 0.3) is 5.57 Å². The van der Waals surface area contributed by atoms with Crippen LogP contribution in [0.4, 0.5) is 4.39 Å². The summed E-state index contributed by atoms with van der Waals surface area (Å²) in [6, 6.07) is 5.06. The molecule has 0 aromatic heterocycles. The molecule has 1 aliphatic heterocycles. The van der Waals surface area contributed by atoms with Gasteiger partial charge in [0.1, 0.15) is 5.82 Å². The highest BCUT2D eigenvalue weighted by Crippen LogP contribution is 2.31. The number of halogens is 1. The number of rotatable bonds is 10. The average Bonchev–Trinajstić information content (AvgIpc) is 2.75. The quantitative estimate of drug-likeness (QED) is 0.407. The smallest absolute Gasteiger partial charge is 0.123 e. The van der Waals surface area contributed by atoms with Crippen LogP contribution in [0.3, 0.4) is 0 Å². The molecule has 0 bridgehead atoms. The number of aryl methyl sites for hydroxylation is 1. The summed E-state index contributed by atoms with van der Waals surface area (Å²) in [5.41, 5.74) is 14.2. The normalized spacial score (nSPS) is 13.8. The van der Waals surface area contributed by atoms with Crippen LogP contribution in [0.1, 0.15) is 51.2 Å². The SMILES string of the molecule is C=CC(=C)C(CCCc1ccc(F)cc1C1=CN(/C(=C\C)CCN)C(=C)C=C1)=C(C)C. The molecule has 0 amide bonds. The molecule has 1 heterocycles. The summed E-state index contributed by atoms with van der Waals surface area (Å²) in [6.45, 7) is 18.9. The molecular formula is C28H35FN2. The van der Waals surface area contributed by atoms with E-state index in [1.54, 1.807) is 12.1 Å². The maximum atomic E-state index is 14.2. The van der Waals surface area contributed by atoms with E-state index in [1.807, 2.05) is 48.4 Å². The van der Waals surface area contributed by atoms with Crippen molar-refractivity contribution in [2.24, 2.45) is 5.73 Å². The molecule has 0 aliphatic carbocycles. The van der Waals surface area contributed by atoms with Crippen molar-refractivity contribution < 1.29 is 4.39 Å². The minimum Gasteiger partial charge on any atom is -0.330 e. The Morgan fingerprint density at radius 3 is 2.55 bits per heavy atom. The van der Waals surface area contributed by atoms with Crippen LogP contribution in [-0.2, 0) is 6.42 Å². The number of nitrogens with two attached hydrogens (primary N) is 1. The van der Waals surface area contributed by atoms with Gasteiger partial charge in [0.15, 0.2) is 0 Å². The van der Waals surface area contributed by atoms with Gasteiger partial charge < -0.3 is 10.6 Å². The van der Waals surface area contributed by atoms with Gasteiger partial charge in [-0.1, -0.05) is 49.6 Å². The Kier molecular flexibility index (Phi) is 9.02. The Balaban J connectivity index is 2.32. The fourth-order valence-corrected chi connectivity index (χ4v) is 3.86. The summed E-state index contributed by atoms with van der Waals surface area (Å²) < 4.78 is 14.2. The Morgan fingerprint density at radius 2 is 1.94 bits per heavy atom. The number of allylic oxidation sites excluding steroid dienone is 8. The van der Waals surface area contributed by atoms with Gasteiger partial charge in [-0.3, -0.25) is 0 Å². The zero-order valence-corrected chi connectivity index (χ0v) is 19.2. The third-order valence-electron chi connectivity index (χ3n) is 5.57.